The van der Waals surface area contributed by atoms with E-state index < -0.39 is 12.0 Å². The monoisotopic (exact) mass is 525 g/mol. The van der Waals surface area contributed by atoms with Crippen LogP contribution in [-0.2, 0) is 11.3 Å². The quantitative estimate of drug-likeness (QED) is 0.302. The maximum atomic E-state index is 12.8. The van der Waals surface area contributed by atoms with E-state index in [0.29, 0.717) is 5.56 Å². The number of hydrogen-bond acceptors (Lipinski definition) is 4. The molecule has 0 saturated carbocycles. The van der Waals surface area contributed by atoms with Gasteiger partial charge in [0, 0.05) is 18.5 Å². The zero-order chi connectivity index (χ0) is 27.5. The van der Waals surface area contributed by atoms with E-state index in [1.165, 1.54) is 23.3 Å². The Morgan fingerprint density at radius 1 is 0.947 bits per heavy atom. The van der Waals surface area contributed by atoms with Crippen LogP contribution in [0.2, 0.25) is 0 Å². The van der Waals surface area contributed by atoms with Crippen molar-refractivity contribution in [3.63, 3.8) is 0 Å². The Hall–Kier alpha value is -3.32. The number of nitrogens with one attached hydrogen (secondary N) is 1. The predicted octanol–water partition coefficient (Wildman–Crippen LogP) is 8.05. The van der Waals surface area contributed by atoms with E-state index in [1.807, 2.05) is 45.0 Å². The second kappa shape index (κ2) is 11.2. The summed E-state index contributed by atoms with van der Waals surface area (Å²) in [6, 6.07) is 22.0. The maximum absolute atomic E-state index is 12.8. The minimum Gasteiger partial charge on any atom is -0.456 e. The number of fused-ring (bicyclic) bond motifs is 1. The first-order valence-electron chi connectivity index (χ1n) is 13.0. The second-order valence-electron chi connectivity index (χ2n) is 10.7. The molecule has 0 amide bonds. The van der Waals surface area contributed by atoms with Crippen molar-refractivity contribution in [2.24, 2.45) is 0 Å². The fourth-order valence-corrected chi connectivity index (χ4v) is 5.27. The molecular weight excluding hydrogens is 491 g/mol. The maximum Gasteiger partial charge on any atom is 0.573 e. The first-order valence-corrected chi connectivity index (χ1v) is 13.0. The average molecular weight is 526 g/mol. The van der Waals surface area contributed by atoms with Crippen LogP contribution in [0.4, 0.5) is 13.2 Å². The van der Waals surface area contributed by atoms with Gasteiger partial charge in [-0.3, -0.25) is 0 Å². The van der Waals surface area contributed by atoms with E-state index in [2.05, 4.69) is 29.1 Å². The molecule has 1 N–H and O–H groups in total. The van der Waals surface area contributed by atoms with E-state index in [9.17, 15) is 18.0 Å². The number of esters is 1. The van der Waals surface area contributed by atoms with Gasteiger partial charge in [-0.25, -0.2) is 4.79 Å². The van der Waals surface area contributed by atoms with Gasteiger partial charge >= 0.3 is 12.3 Å². The van der Waals surface area contributed by atoms with Crippen molar-refractivity contribution in [1.82, 2.24) is 5.32 Å². The highest BCUT2D eigenvalue weighted by Gasteiger charge is 2.37. The molecule has 4 rings (SSSR count). The summed E-state index contributed by atoms with van der Waals surface area (Å²) in [6.07, 6.45) is -2.97. The van der Waals surface area contributed by atoms with Crippen LogP contribution in [0.15, 0.2) is 72.8 Å². The lowest BCUT2D eigenvalue weighted by atomic mass is 9.73. The van der Waals surface area contributed by atoms with Crippen LogP contribution >= 0.6 is 0 Å². The van der Waals surface area contributed by atoms with Gasteiger partial charge in [0.25, 0.3) is 0 Å². The highest BCUT2D eigenvalue weighted by Crippen LogP contribution is 2.47. The van der Waals surface area contributed by atoms with Crippen molar-refractivity contribution in [3.8, 4) is 5.75 Å². The molecule has 3 atom stereocenters. The molecule has 3 unspecified atom stereocenters. The largest absolute Gasteiger partial charge is 0.573 e. The van der Waals surface area contributed by atoms with Crippen molar-refractivity contribution in [1.29, 1.82) is 0 Å². The zero-order valence-corrected chi connectivity index (χ0v) is 22.1. The molecule has 202 valence electrons. The third-order valence-electron chi connectivity index (χ3n) is 6.77. The molecule has 38 heavy (non-hydrogen) atoms. The summed E-state index contributed by atoms with van der Waals surface area (Å²) >= 11 is 0. The second-order valence-corrected chi connectivity index (χ2v) is 10.7. The smallest absolute Gasteiger partial charge is 0.456 e. The summed E-state index contributed by atoms with van der Waals surface area (Å²) in [4.78, 5) is 12.6. The van der Waals surface area contributed by atoms with E-state index in [4.69, 9.17) is 4.74 Å². The standard InChI is InChI=1S/C31H34F3NO3/c1-5-8-25(20-11-13-22(14-12-20)29(36)38-30(2,3)4)27(28-26-10-7-6-9-23(26)19-35-28)21-15-17-24(18-16-21)37-31(32,33)34/h6-7,9-18,25,27-28,35H,5,8,19H2,1-4H3. The lowest BCUT2D eigenvalue weighted by Gasteiger charge is -2.34. The van der Waals surface area contributed by atoms with Crippen LogP contribution in [-0.4, -0.2) is 17.9 Å². The van der Waals surface area contributed by atoms with Crippen LogP contribution in [0, 0.1) is 0 Å². The Morgan fingerprint density at radius 3 is 2.18 bits per heavy atom. The first-order chi connectivity index (χ1) is 17.9. The molecule has 0 spiro atoms. The summed E-state index contributed by atoms with van der Waals surface area (Å²) in [6.45, 7) is 8.34. The molecule has 0 fully saturated rings. The molecule has 7 heteroatoms. The van der Waals surface area contributed by atoms with Crippen molar-refractivity contribution in [3.05, 3.63) is 101 Å². The number of halogens is 3. The highest BCUT2D eigenvalue weighted by atomic mass is 19.4. The van der Waals surface area contributed by atoms with Gasteiger partial charge in [-0.05, 0) is 79.6 Å². The first kappa shape index (κ1) is 27.7. The van der Waals surface area contributed by atoms with Crippen molar-refractivity contribution in [2.45, 2.75) is 76.9 Å². The molecule has 0 aliphatic carbocycles. The Balaban J connectivity index is 1.72. The van der Waals surface area contributed by atoms with E-state index in [0.717, 1.165) is 30.5 Å². The van der Waals surface area contributed by atoms with Gasteiger partial charge in [0.2, 0.25) is 0 Å². The van der Waals surface area contributed by atoms with Gasteiger partial charge in [-0.1, -0.05) is 61.9 Å². The van der Waals surface area contributed by atoms with Gasteiger partial charge in [0.05, 0.1) is 5.56 Å². The number of carbonyl (C=O) groups is 1. The molecule has 3 aromatic rings. The van der Waals surface area contributed by atoms with Crippen LogP contribution in [0.25, 0.3) is 0 Å². The van der Waals surface area contributed by atoms with Crippen LogP contribution < -0.4 is 10.1 Å². The van der Waals surface area contributed by atoms with Crippen molar-refractivity contribution >= 4 is 5.97 Å². The van der Waals surface area contributed by atoms with Crippen LogP contribution in [0.3, 0.4) is 0 Å². The number of benzene rings is 3. The Kier molecular flexibility index (Phi) is 8.16. The number of carbonyl (C=O) groups excluding carboxylic acids is 1. The van der Waals surface area contributed by atoms with Crippen LogP contribution in [0.5, 0.6) is 5.75 Å². The average Bonchev–Trinajstić information content (AvgIpc) is 3.27. The van der Waals surface area contributed by atoms with Gasteiger partial charge in [-0.15, -0.1) is 13.2 Å². The van der Waals surface area contributed by atoms with Gasteiger partial charge < -0.3 is 14.8 Å². The molecule has 0 saturated heterocycles. The fourth-order valence-electron chi connectivity index (χ4n) is 5.27. The SMILES string of the molecule is CCCC(c1ccc(C(=O)OC(C)(C)C)cc1)C(c1ccc(OC(F)(F)F)cc1)C1NCc2ccccc21. The number of ether oxygens (including phenoxy) is 2. The zero-order valence-electron chi connectivity index (χ0n) is 22.1. The number of rotatable bonds is 8. The molecule has 1 aliphatic heterocycles. The van der Waals surface area contributed by atoms with Crippen molar-refractivity contribution < 1.29 is 27.4 Å². The normalized spacial score (nSPS) is 17.0. The van der Waals surface area contributed by atoms with Gasteiger partial charge in [0.15, 0.2) is 0 Å². The van der Waals surface area contributed by atoms with Gasteiger partial charge in [-0.2, -0.15) is 0 Å². The lowest BCUT2D eigenvalue weighted by Crippen LogP contribution is -2.26. The minimum absolute atomic E-state index is 0.0253. The predicted molar refractivity (Wildman–Crippen MR) is 141 cm³/mol. The molecule has 1 heterocycles. The Bertz CT molecular complexity index is 1230. The highest BCUT2D eigenvalue weighted by molar-refractivity contribution is 5.89. The molecular formula is C31H34F3NO3. The summed E-state index contributed by atoms with van der Waals surface area (Å²) in [5.74, 6) is -0.635. The van der Waals surface area contributed by atoms with E-state index in [1.54, 1.807) is 24.3 Å². The number of hydrogen-bond donors (Lipinski definition) is 1. The number of alkyl halides is 3. The molecule has 3 aromatic carbocycles. The fraction of sp³-hybridized carbons (Fsp3) is 0.387. The summed E-state index contributed by atoms with van der Waals surface area (Å²) < 4.78 is 48.0. The van der Waals surface area contributed by atoms with Crippen molar-refractivity contribution in [2.75, 3.05) is 0 Å². The third kappa shape index (κ3) is 6.76. The minimum atomic E-state index is -4.74. The van der Waals surface area contributed by atoms with E-state index in [-0.39, 0.29) is 29.6 Å². The Labute approximate surface area is 222 Å². The third-order valence-corrected chi connectivity index (χ3v) is 6.77. The lowest BCUT2D eigenvalue weighted by molar-refractivity contribution is -0.274. The summed E-state index contributed by atoms with van der Waals surface area (Å²) in [5, 5.41) is 3.65. The Morgan fingerprint density at radius 2 is 1.58 bits per heavy atom. The molecule has 0 radical (unpaired) electrons. The topological polar surface area (TPSA) is 47.6 Å². The molecule has 0 aromatic heterocycles. The molecule has 4 nitrogen and oxygen atoms in total. The van der Waals surface area contributed by atoms with Gasteiger partial charge in [0.1, 0.15) is 11.4 Å². The molecule has 0 bridgehead atoms. The van der Waals surface area contributed by atoms with Crippen LogP contribution in [0.1, 0.15) is 91.0 Å². The molecule has 1 aliphatic rings. The summed E-state index contributed by atoms with van der Waals surface area (Å²) in [5.41, 5.74) is 4.28. The van der Waals surface area contributed by atoms with E-state index >= 15 is 0 Å². The summed E-state index contributed by atoms with van der Waals surface area (Å²) in [7, 11) is 0.